The summed E-state index contributed by atoms with van der Waals surface area (Å²) in [5.74, 6) is 0.590. The molecule has 0 fully saturated rings. The summed E-state index contributed by atoms with van der Waals surface area (Å²) < 4.78 is 124. The maximum absolute atomic E-state index is 12.8. The van der Waals surface area contributed by atoms with Crippen molar-refractivity contribution in [2.75, 3.05) is 149 Å². The Bertz CT molecular complexity index is 3890. The van der Waals surface area contributed by atoms with Crippen molar-refractivity contribution in [3.63, 3.8) is 0 Å². The Morgan fingerprint density at radius 2 is 0.895 bits per heavy atom. The van der Waals surface area contributed by atoms with Gasteiger partial charge < -0.3 is 112 Å². The third kappa shape index (κ3) is 25.6. The fourth-order valence-corrected chi connectivity index (χ4v) is 13.7. The molecule has 0 aliphatic heterocycles. The molecule has 0 amide bonds. The van der Waals surface area contributed by atoms with Crippen LogP contribution in [0.3, 0.4) is 0 Å². The first kappa shape index (κ1) is 81.2. The number of anilines is 4. The summed E-state index contributed by atoms with van der Waals surface area (Å²) in [6.07, 6.45) is 2.06. The van der Waals surface area contributed by atoms with Crippen LogP contribution in [0, 0.1) is 0 Å². The lowest BCUT2D eigenvalue weighted by molar-refractivity contribution is 0.141. The SMILES string of the molecule is CCOP(=O)(CBr)OCC.CCOP(=O)(Cn1c(Br)nc2c(N)nc(OCCOC)nc21)OCC.CCOP(=O)(Cn1cnc2c(N)nc(OCCOC)nc21)OCC.COCCOc1nc(N)c2[nH]c(=O)n(CP(=O)(O)O)c2n1.COCCOc1nc(N)c2[nH]cnc2n1. The molecule has 0 saturated carbocycles. The molecule has 8 rings (SSSR count). The van der Waals surface area contributed by atoms with Crippen LogP contribution in [0.25, 0.3) is 44.7 Å². The van der Waals surface area contributed by atoms with E-state index in [1.54, 1.807) is 72.0 Å². The van der Waals surface area contributed by atoms with E-state index in [4.69, 9.17) is 97.8 Å². The first-order chi connectivity index (χ1) is 45.3. The molecule has 47 heteroatoms. The molecule has 0 saturated heterocycles. The number of hydrogen-bond acceptors (Lipinski definition) is 34. The molecule has 0 aromatic carbocycles. The summed E-state index contributed by atoms with van der Waals surface area (Å²) >= 11 is 6.38. The molecule has 0 unspecified atom stereocenters. The average Bonchev–Trinajstić information content (AvgIpc) is 1.66. The fraction of sp³-hybridized carbons (Fsp3) is 0.583. The molecule has 12 N–H and O–H groups in total. The molecule has 0 radical (unpaired) electrons. The zero-order chi connectivity index (χ0) is 70.4. The van der Waals surface area contributed by atoms with Crippen molar-refractivity contribution in [2.45, 2.75) is 60.4 Å². The summed E-state index contributed by atoms with van der Waals surface area (Å²) in [7, 11) is -7.70. The quantitative estimate of drug-likeness (QED) is 0.0105. The van der Waals surface area contributed by atoms with Gasteiger partial charge in [-0.05, 0) is 57.5 Å². The van der Waals surface area contributed by atoms with Crippen molar-refractivity contribution in [1.29, 1.82) is 0 Å². The number of hydrogen-bond donors (Lipinski definition) is 8. The second-order valence-electron chi connectivity index (χ2n) is 18.0. The Morgan fingerprint density at radius 1 is 0.484 bits per heavy atom. The third-order valence-corrected chi connectivity index (χ3v) is 19.7. The number of nitrogens with two attached hydrogens (primary N) is 4. The standard InChI is InChI=1S/C13H21BrN5O5P.C13H22N5O5P.C9H14N5O6P.C8H11N5O2.C5H12BrO3P/c1-4-23-25(20,24-5-2)8-19-11-9(16-12(19)14)10(15)17-13(18-11)22-7-6-21-3;1-4-22-24(19,23-5-2)9-18-8-15-10-11(14)16-13(17-12(10)18)21-7-6-20-3;1-19-2-3-20-8-12-6(10)5-7(13-8)14(9(15)11-5)4-21(16,17)18;1-14-2-3-15-8-12-6(9)5-7(13-8)11-4-10-5;1-3-8-10(7,5-6)9-4-2/h4-8H2,1-3H3,(H2,15,17,18);8H,4-7,9H2,1-3H3,(H2,14,16,17);2-4H2,1H3,(H,11,15)(H2,10,12,13)(H2,16,17,18);4H,2-3H2,1H3,(H3,9,10,11,12,13);3-5H2,1-2H3. The van der Waals surface area contributed by atoms with Crippen molar-refractivity contribution in [3.05, 3.63) is 27.9 Å². The number of nitrogens with zero attached hydrogens (tertiary/aromatic N) is 14. The first-order valence-corrected chi connectivity index (χ1v) is 37.3. The van der Waals surface area contributed by atoms with Gasteiger partial charge in [0.15, 0.2) is 61.6 Å². The van der Waals surface area contributed by atoms with Gasteiger partial charge in [-0.3, -0.25) is 27.4 Å². The summed E-state index contributed by atoms with van der Waals surface area (Å²) in [5, 5.41) is 0.266. The Hall–Kier alpha value is -6.20. The van der Waals surface area contributed by atoms with Crippen LogP contribution in [0.1, 0.15) is 41.5 Å². The zero-order valence-corrected chi connectivity index (χ0v) is 60.4. The number of halogens is 2. The highest BCUT2D eigenvalue weighted by Crippen LogP contribution is 2.52. The number of ether oxygens (including phenoxy) is 8. The number of methoxy groups -OCH3 is 4. The number of aromatic nitrogens is 16. The van der Waals surface area contributed by atoms with Gasteiger partial charge in [0.1, 0.15) is 61.4 Å². The van der Waals surface area contributed by atoms with Crippen LogP contribution in [-0.2, 0) is 83.2 Å². The summed E-state index contributed by atoms with van der Waals surface area (Å²) in [5.41, 5.74) is 25.1. The fourth-order valence-electron chi connectivity index (χ4n) is 7.34. The molecule has 8 heterocycles. The van der Waals surface area contributed by atoms with Crippen LogP contribution in [0.4, 0.5) is 23.3 Å². The summed E-state index contributed by atoms with van der Waals surface area (Å²) in [4.78, 5) is 79.8. The first-order valence-electron chi connectivity index (χ1n) is 28.4. The second-order valence-corrected chi connectivity index (χ2v) is 27.8. The summed E-state index contributed by atoms with van der Waals surface area (Å²) in [6, 6.07) is 0.277. The molecular weight excluding hydrogens is 1480 g/mol. The predicted molar refractivity (Wildman–Crippen MR) is 354 cm³/mol. The highest BCUT2D eigenvalue weighted by Gasteiger charge is 2.30. The van der Waals surface area contributed by atoms with E-state index in [0.717, 1.165) is 4.57 Å². The number of imidazole rings is 4. The number of nitrogen functional groups attached to an aromatic ring is 4. The Morgan fingerprint density at radius 3 is 1.35 bits per heavy atom. The maximum atomic E-state index is 12.8. The van der Waals surface area contributed by atoms with Crippen molar-refractivity contribution < 1.29 is 93.1 Å². The monoisotopic (exact) mass is 1550 g/mol. The number of alkyl halides is 1. The van der Waals surface area contributed by atoms with Crippen LogP contribution in [0.2, 0.25) is 0 Å². The molecule has 532 valence electrons. The molecule has 0 bridgehead atoms. The van der Waals surface area contributed by atoms with Gasteiger partial charge in [-0.15, -0.1) is 0 Å². The van der Waals surface area contributed by atoms with E-state index in [2.05, 4.69) is 96.7 Å². The van der Waals surface area contributed by atoms with E-state index in [0.29, 0.717) is 90.3 Å². The predicted octanol–water partition coefficient (Wildman–Crippen LogP) is 5.50. The van der Waals surface area contributed by atoms with Crippen molar-refractivity contribution in [1.82, 2.24) is 78.5 Å². The molecule has 41 nitrogen and oxygen atoms in total. The van der Waals surface area contributed by atoms with E-state index in [1.807, 2.05) is 0 Å². The van der Waals surface area contributed by atoms with Crippen LogP contribution < -0.4 is 47.6 Å². The third-order valence-electron chi connectivity index (χ3n) is 11.1. The normalized spacial score (nSPS) is 11.8. The minimum absolute atomic E-state index is 0.0286. The van der Waals surface area contributed by atoms with Gasteiger partial charge in [0.2, 0.25) is 0 Å². The van der Waals surface area contributed by atoms with Gasteiger partial charge in [-0.1, -0.05) is 15.9 Å². The minimum Gasteiger partial charge on any atom is -0.461 e. The highest BCUT2D eigenvalue weighted by atomic mass is 79.9. The maximum Gasteiger partial charge on any atom is 0.350 e. The number of H-pyrrole nitrogens is 2. The topological polar surface area (TPSA) is 547 Å². The smallest absolute Gasteiger partial charge is 0.350 e. The number of fused-ring (bicyclic) bond motifs is 4. The van der Waals surface area contributed by atoms with E-state index in [-0.39, 0.29) is 117 Å². The Labute approximate surface area is 560 Å². The van der Waals surface area contributed by atoms with E-state index >= 15 is 0 Å². The molecule has 0 spiro atoms. The molecule has 0 aliphatic rings. The highest BCUT2D eigenvalue weighted by molar-refractivity contribution is 9.10. The molecule has 95 heavy (non-hydrogen) atoms. The van der Waals surface area contributed by atoms with Crippen molar-refractivity contribution in [2.24, 2.45) is 0 Å². The molecule has 0 atom stereocenters. The van der Waals surface area contributed by atoms with Crippen molar-refractivity contribution in [3.8, 4) is 24.0 Å². The number of rotatable bonds is 35. The van der Waals surface area contributed by atoms with Crippen LogP contribution in [0.15, 0.2) is 22.2 Å². The Kier molecular flexibility index (Phi) is 34.6. The van der Waals surface area contributed by atoms with E-state index < -0.39 is 42.4 Å². The van der Waals surface area contributed by atoms with E-state index in [9.17, 15) is 23.1 Å². The average molecular weight is 1560 g/mol. The lowest BCUT2D eigenvalue weighted by Gasteiger charge is -2.18. The van der Waals surface area contributed by atoms with Gasteiger partial charge >= 0.3 is 60.1 Å². The number of aromatic amines is 2. The molecule has 8 aromatic rings. The van der Waals surface area contributed by atoms with Gasteiger partial charge in [0, 0.05) is 28.4 Å². The van der Waals surface area contributed by atoms with Gasteiger partial charge in [0.05, 0.1) is 78.7 Å². The molecule has 0 aliphatic carbocycles. The Balaban J connectivity index is 0.000000260. The van der Waals surface area contributed by atoms with Crippen LogP contribution in [-0.4, -0.2) is 214 Å². The van der Waals surface area contributed by atoms with Crippen LogP contribution in [0.5, 0.6) is 24.0 Å². The van der Waals surface area contributed by atoms with E-state index in [1.165, 1.54) is 19.8 Å². The lowest BCUT2D eigenvalue weighted by atomic mass is 10.5. The second kappa shape index (κ2) is 40.5. The van der Waals surface area contributed by atoms with Gasteiger partial charge in [-0.2, -0.15) is 39.9 Å². The zero-order valence-electron chi connectivity index (χ0n) is 53.6. The minimum atomic E-state index is -4.46. The number of nitrogens with one attached hydrogen (secondary N) is 2. The molecule has 8 aromatic heterocycles. The summed E-state index contributed by atoms with van der Waals surface area (Å²) in [6.45, 7) is 15.1. The molecular formula is C48H80Br2N20O21P4. The van der Waals surface area contributed by atoms with Crippen molar-refractivity contribution >= 4 is 130 Å². The largest absolute Gasteiger partial charge is 0.461 e. The van der Waals surface area contributed by atoms with Gasteiger partial charge in [-0.25, -0.2) is 19.7 Å². The lowest BCUT2D eigenvalue weighted by Crippen LogP contribution is -2.17. The van der Waals surface area contributed by atoms with Gasteiger partial charge in [0.25, 0.3) is 0 Å². The van der Waals surface area contributed by atoms with Crippen LogP contribution >= 0.6 is 62.2 Å².